The Bertz CT molecular complexity index is 2610. The van der Waals surface area contributed by atoms with Crippen LogP contribution in [0.1, 0.15) is 97.5 Å². The van der Waals surface area contributed by atoms with Crippen molar-refractivity contribution in [2.24, 2.45) is 44.8 Å². The van der Waals surface area contributed by atoms with Gasteiger partial charge in [-0.3, -0.25) is 82.3 Å². The van der Waals surface area contributed by atoms with Crippen molar-refractivity contribution in [2.45, 2.75) is 135 Å². The summed E-state index contributed by atoms with van der Waals surface area (Å²) in [5.41, 5.74) is 22.8. The Morgan fingerprint density at radius 2 is 1.08 bits per heavy atom. The fourth-order valence-corrected chi connectivity index (χ4v) is 10.5. The van der Waals surface area contributed by atoms with E-state index in [1.54, 1.807) is 38.7 Å². The molecule has 1 aromatic carbocycles. The zero-order valence-electron chi connectivity index (χ0n) is 52.7. The lowest BCUT2D eigenvalue weighted by molar-refractivity contribution is -0.142. The van der Waals surface area contributed by atoms with E-state index in [-0.39, 0.29) is 180 Å². The number of guanidine groups is 2. The monoisotopic (exact) mass is 1290 g/mol. The number of phenols is 1. The summed E-state index contributed by atoms with van der Waals surface area (Å²) in [7, 11) is 0. The maximum absolute atomic E-state index is 14.8. The molecule has 33 heteroatoms. The average Bonchev–Trinajstić information content (AvgIpc) is 1.86. The van der Waals surface area contributed by atoms with Gasteiger partial charge >= 0.3 is 23.9 Å². The minimum Gasteiger partial charge on any atom is -0.508 e. The van der Waals surface area contributed by atoms with Crippen molar-refractivity contribution in [3.8, 4) is 5.75 Å². The normalized spacial score (nSPS) is 17.4. The number of carbonyl (C=O) groups excluding carboxylic acids is 7. The number of hydrogen-bond donors (Lipinski definition) is 15. The van der Waals surface area contributed by atoms with Gasteiger partial charge in [-0.25, -0.2) is 0 Å². The van der Waals surface area contributed by atoms with Crippen molar-refractivity contribution in [3.05, 3.63) is 29.8 Å². The Hall–Kier alpha value is -8.43. The minimum absolute atomic E-state index is 0.0306. The highest BCUT2D eigenvalue weighted by Crippen LogP contribution is 2.22. The second-order valence-corrected chi connectivity index (χ2v) is 23.4. The smallest absolute Gasteiger partial charge is 0.317 e. The molecule has 1 aromatic rings. The molecule has 0 aromatic heterocycles. The number of nitrogens with zero attached hydrogens (tertiary/aromatic N) is 7. The van der Waals surface area contributed by atoms with Crippen molar-refractivity contribution in [1.29, 1.82) is 0 Å². The quantitative estimate of drug-likeness (QED) is 0.0172. The van der Waals surface area contributed by atoms with Gasteiger partial charge in [-0.15, -0.1) is 0 Å². The van der Waals surface area contributed by atoms with Gasteiger partial charge in [0.15, 0.2) is 11.9 Å². The number of rotatable bonds is 37. The molecule has 19 N–H and O–H groups in total. The molecule has 2 saturated heterocycles. The third kappa shape index (κ3) is 30.8. The molecular weight excluding hydrogens is 1190 g/mol. The lowest BCUT2D eigenvalue weighted by Gasteiger charge is -2.32. The van der Waals surface area contributed by atoms with Crippen molar-refractivity contribution < 1.29 is 78.3 Å². The zero-order valence-corrected chi connectivity index (χ0v) is 52.7. The van der Waals surface area contributed by atoms with Crippen LogP contribution in [0.5, 0.6) is 5.75 Å². The predicted octanol–water partition coefficient (Wildman–Crippen LogP) is -3.99. The topological polar surface area (TPSA) is 506 Å². The number of benzene rings is 1. The predicted molar refractivity (Wildman–Crippen MR) is 333 cm³/mol. The number of nitrogens with two attached hydrogens (primary N) is 4. The van der Waals surface area contributed by atoms with Crippen molar-refractivity contribution in [3.63, 3.8) is 0 Å². The number of amides is 7. The number of hydrogen-bond acceptors (Lipinski definition) is 18. The average molecular weight is 1290 g/mol. The Balaban J connectivity index is 1.85. The van der Waals surface area contributed by atoms with E-state index in [2.05, 4.69) is 41.9 Å². The molecule has 2 aliphatic rings. The van der Waals surface area contributed by atoms with E-state index < -0.39 is 107 Å². The molecule has 0 bridgehead atoms. The molecular formula is C58H97N17O16. The lowest BCUT2D eigenvalue weighted by Crippen LogP contribution is -2.60. The third-order valence-corrected chi connectivity index (χ3v) is 15.4. The maximum atomic E-state index is 14.8. The number of likely N-dealkylation sites (tertiary alicyclic amines) is 1. The second-order valence-electron chi connectivity index (χ2n) is 23.4. The van der Waals surface area contributed by atoms with Crippen LogP contribution in [0, 0.1) is 11.8 Å². The molecule has 510 valence electrons. The number of nitrogens with one attached hydrogen (secondary N) is 6. The third-order valence-electron chi connectivity index (χ3n) is 15.4. The summed E-state index contributed by atoms with van der Waals surface area (Å²) in [5, 5.41) is 64.8. The number of carboxylic acid groups (broad SMARTS) is 4. The molecule has 2 aliphatic heterocycles. The molecule has 0 saturated carbocycles. The van der Waals surface area contributed by atoms with E-state index in [1.807, 2.05) is 20.8 Å². The molecule has 7 amide bonds. The summed E-state index contributed by atoms with van der Waals surface area (Å²) < 4.78 is 0. The Labute approximate surface area is 529 Å². The molecule has 7 atom stereocenters. The van der Waals surface area contributed by atoms with Gasteiger partial charge in [-0.1, -0.05) is 46.2 Å². The highest BCUT2D eigenvalue weighted by Gasteiger charge is 2.40. The van der Waals surface area contributed by atoms with Gasteiger partial charge < -0.3 is 85.3 Å². The van der Waals surface area contributed by atoms with E-state index in [9.17, 15) is 78.3 Å². The lowest BCUT2D eigenvalue weighted by atomic mass is 9.95. The summed E-state index contributed by atoms with van der Waals surface area (Å²) in [6.45, 7) is 7.36. The van der Waals surface area contributed by atoms with Gasteiger partial charge in [-0.05, 0) is 74.5 Å². The fraction of sp³-hybridized carbons (Fsp3) is 0.672. The van der Waals surface area contributed by atoms with E-state index in [4.69, 9.17) is 22.9 Å². The van der Waals surface area contributed by atoms with Crippen LogP contribution in [0.25, 0.3) is 0 Å². The van der Waals surface area contributed by atoms with E-state index in [1.165, 1.54) is 17.0 Å². The molecule has 0 aliphatic carbocycles. The highest BCUT2D eigenvalue weighted by molar-refractivity contribution is 5.97. The molecule has 33 nitrogen and oxygen atoms in total. The van der Waals surface area contributed by atoms with Gasteiger partial charge in [0.05, 0.1) is 32.6 Å². The van der Waals surface area contributed by atoms with Crippen LogP contribution in [-0.4, -0.2) is 268 Å². The van der Waals surface area contributed by atoms with Gasteiger partial charge in [-0.2, -0.15) is 0 Å². The number of carboxylic acids is 4. The number of aliphatic carboxylic acids is 4. The van der Waals surface area contributed by atoms with Crippen molar-refractivity contribution in [1.82, 2.24) is 56.4 Å². The Morgan fingerprint density at radius 3 is 1.55 bits per heavy atom. The first kappa shape index (κ1) is 76.8. The van der Waals surface area contributed by atoms with Crippen LogP contribution >= 0.6 is 0 Å². The molecule has 0 radical (unpaired) electrons. The number of aliphatic imine (C=N–C) groups is 2. The molecule has 3 rings (SSSR count). The van der Waals surface area contributed by atoms with Crippen LogP contribution < -0.4 is 54.8 Å². The molecule has 0 unspecified atom stereocenters. The van der Waals surface area contributed by atoms with Crippen molar-refractivity contribution in [2.75, 3.05) is 105 Å². The highest BCUT2D eigenvalue weighted by atomic mass is 16.4. The second kappa shape index (κ2) is 40.3. The van der Waals surface area contributed by atoms with Crippen LogP contribution in [0.4, 0.5) is 0 Å². The number of phenolic OH excluding ortho intramolecular Hbond substituents is 1. The van der Waals surface area contributed by atoms with E-state index >= 15 is 0 Å². The first-order valence-electron chi connectivity index (χ1n) is 30.8. The van der Waals surface area contributed by atoms with Crippen LogP contribution in [0.2, 0.25) is 0 Å². The van der Waals surface area contributed by atoms with Crippen molar-refractivity contribution >= 4 is 77.1 Å². The summed E-state index contributed by atoms with van der Waals surface area (Å²) in [4.78, 5) is 162. The summed E-state index contributed by atoms with van der Waals surface area (Å²) in [6, 6.07) is -1.15. The van der Waals surface area contributed by atoms with Gasteiger partial charge in [0, 0.05) is 97.4 Å². The SMILES string of the molecule is CC[C@H](C)[C@H](NC(=O)[C@H](Cc1ccc(O)cc1)NC(=O)[C@@H]1CCCN1C(=O)[C@H](CCCN=C(N)N)NC(=O)[C@H](CCCN=C(N)N)NC(=O)CCNC(=O)CN1CCN(CC(=O)O)CCN(CC(=O)O)CCN(CC(=O)O)CC1)C(=O)N[C@H](CC(=O)O)CC(C)C. The van der Waals surface area contributed by atoms with Gasteiger partial charge in [0.1, 0.15) is 36.0 Å². The Morgan fingerprint density at radius 1 is 0.582 bits per heavy atom. The van der Waals surface area contributed by atoms with E-state index in [0.717, 1.165) is 0 Å². The van der Waals surface area contributed by atoms with E-state index in [0.29, 0.717) is 24.8 Å². The minimum atomic E-state index is -1.35. The molecule has 2 fully saturated rings. The van der Waals surface area contributed by atoms with Crippen LogP contribution in [-0.2, 0) is 59.2 Å². The first-order valence-corrected chi connectivity index (χ1v) is 30.8. The first-order chi connectivity index (χ1) is 43.0. The van der Waals surface area contributed by atoms with Gasteiger partial charge in [0.2, 0.25) is 41.4 Å². The molecule has 91 heavy (non-hydrogen) atoms. The summed E-state index contributed by atoms with van der Waals surface area (Å²) in [5.74, 6) is -10.2. The summed E-state index contributed by atoms with van der Waals surface area (Å²) in [6.07, 6.45) is 0.678. The van der Waals surface area contributed by atoms with Crippen LogP contribution in [0.3, 0.4) is 0 Å². The fourth-order valence-electron chi connectivity index (χ4n) is 10.5. The molecule has 2 heterocycles. The molecule has 0 spiro atoms. The largest absolute Gasteiger partial charge is 0.508 e. The zero-order chi connectivity index (χ0) is 67.7. The number of carbonyl (C=O) groups is 11. The van der Waals surface area contributed by atoms with Crippen LogP contribution in [0.15, 0.2) is 34.3 Å². The standard InChI is InChI=1S/C58H97N17O16/c1-5-37(4)51(55(90)66-39(29-36(2)3)31-47(79)80)70-53(88)43(30-38-12-14-40(76)15-13-38)69-54(89)44-11-8-20-75(44)56(91)42(10-7-18-65-58(61)62)68-52(87)41(9-6-17-64-57(59)60)67-45(77)16-19-63-46(78)32-71-21-23-72(33-48(81)82)25-27-74(35-50(85)86)28-26-73(24-22-71)34-49(83)84/h12-15,36-37,39,41-44,51,76H,5-11,16-35H2,1-4H3,(H,63,78)(H,66,90)(H,67,77)(H,68,87)(H,69,89)(H,70,88)(H,79,80)(H,81,82)(H,83,84)(H,85,86)(H4,59,60,64)(H4,61,62,65)/t37-,39-,41-,42-,43-,44-,51-/m0/s1. The maximum Gasteiger partial charge on any atom is 0.317 e. The van der Waals surface area contributed by atoms with Gasteiger partial charge in [0.25, 0.3) is 0 Å². The number of aromatic hydroxyl groups is 1. The Kier molecular flexibility index (Phi) is 34.1. The summed E-state index contributed by atoms with van der Waals surface area (Å²) >= 11 is 0.